The zero-order valence-electron chi connectivity index (χ0n) is 13.7. The molecule has 2 heterocycles. The summed E-state index contributed by atoms with van der Waals surface area (Å²) in [5.41, 5.74) is 1.20. The van der Waals surface area contributed by atoms with Crippen molar-refractivity contribution in [3.05, 3.63) is 57.0 Å². The number of para-hydroxylation sites is 1. The molecule has 3 aromatic rings. The van der Waals surface area contributed by atoms with Crippen LogP contribution in [0, 0.1) is 0 Å². The summed E-state index contributed by atoms with van der Waals surface area (Å²) < 4.78 is 30.6. The number of nitrogens with zero attached hydrogens (tertiary/aromatic N) is 3. The molecule has 0 N–H and O–H groups in total. The van der Waals surface area contributed by atoms with Crippen LogP contribution in [0.3, 0.4) is 0 Å². The Balaban J connectivity index is 1.73. The van der Waals surface area contributed by atoms with Crippen molar-refractivity contribution >= 4 is 27.8 Å². The van der Waals surface area contributed by atoms with Gasteiger partial charge in [-0.3, -0.25) is 4.79 Å². The van der Waals surface area contributed by atoms with Gasteiger partial charge in [0.1, 0.15) is 16.9 Å². The van der Waals surface area contributed by atoms with Crippen LogP contribution in [0.4, 0.5) is 8.78 Å². The van der Waals surface area contributed by atoms with Gasteiger partial charge in [-0.25, -0.2) is 4.98 Å². The minimum absolute atomic E-state index is 0.00116. The first-order chi connectivity index (χ1) is 12.6. The summed E-state index contributed by atoms with van der Waals surface area (Å²) >= 11 is 1.57. The van der Waals surface area contributed by atoms with E-state index in [9.17, 15) is 13.6 Å². The van der Waals surface area contributed by atoms with Crippen LogP contribution < -0.4 is 10.3 Å². The highest BCUT2D eigenvalue weighted by molar-refractivity contribution is 7.18. The van der Waals surface area contributed by atoms with Crippen LogP contribution in [0.25, 0.3) is 10.2 Å². The minimum Gasteiger partial charge on any atom is -0.434 e. The maximum absolute atomic E-state index is 12.8. The van der Waals surface area contributed by atoms with E-state index < -0.39 is 6.61 Å². The monoisotopic (exact) mass is 375 g/mol. The first-order valence-electron chi connectivity index (χ1n) is 8.23. The molecule has 134 valence electrons. The summed E-state index contributed by atoms with van der Waals surface area (Å²) in [6.07, 6.45) is 6.75. The summed E-state index contributed by atoms with van der Waals surface area (Å²) in [7, 11) is 0. The number of ether oxygens (including phenoxy) is 1. The second-order valence-corrected chi connectivity index (χ2v) is 7.03. The van der Waals surface area contributed by atoms with Crippen molar-refractivity contribution in [3.8, 4) is 5.75 Å². The third-order valence-electron chi connectivity index (χ3n) is 4.32. The molecule has 2 aromatic heterocycles. The first kappa shape index (κ1) is 16.8. The van der Waals surface area contributed by atoms with Crippen LogP contribution >= 0.6 is 11.3 Å². The van der Waals surface area contributed by atoms with Crippen molar-refractivity contribution in [1.29, 1.82) is 0 Å². The van der Waals surface area contributed by atoms with E-state index in [0.717, 1.165) is 40.8 Å². The molecule has 0 aliphatic heterocycles. The quantitative estimate of drug-likeness (QED) is 0.652. The molecule has 0 amide bonds. The van der Waals surface area contributed by atoms with Crippen LogP contribution in [-0.2, 0) is 12.8 Å². The number of rotatable bonds is 4. The van der Waals surface area contributed by atoms with Gasteiger partial charge in [-0.2, -0.15) is 18.6 Å². The van der Waals surface area contributed by atoms with E-state index in [2.05, 4.69) is 14.8 Å². The van der Waals surface area contributed by atoms with Gasteiger partial charge in [0.15, 0.2) is 0 Å². The van der Waals surface area contributed by atoms with E-state index in [-0.39, 0.29) is 11.3 Å². The normalized spacial score (nSPS) is 14.3. The lowest BCUT2D eigenvalue weighted by atomic mass is 9.97. The smallest absolute Gasteiger partial charge is 0.387 e. The second kappa shape index (κ2) is 6.95. The van der Waals surface area contributed by atoms with Crippen LogP contribution in [0.2, 0.25) is 0 Å². The number of benzene rings is 1. The summed E-state index contributed by atoms with van der Waals surface area (Å²) in [5.74, 6) is 0.00116. The molecule has 1 aliphatic rings. The number of aryl methyl sites for hydroxylation is 2. The Labute approximate surface area is 151 Å². The first-order valence-corrected chi connectivity index (χ1v) is 9.05. The Hall–Kier alpha value is -2.61. The number of hydrogen-bond donors (Lipinski definition) is 0. The lowest BCUT2D eigenvalue weighted by Gasteiger charge is -2.09. The van der Waals surface area contributed by atoms with Crippen molar-refractivity contribution in [1.82, 2.24) is 9.66 Å². The van der Waals surface area contributed by atoms with Crippen LogP contribution in [0.1, 0.15) is 28.8 Å². The van der Waals surface area contributed by atoms with E-state index in [1.807, 2.05) is 0 Å². The van der Waals surface area contributed by atoms with E-state index in [1.165, 1.54) is 23.5 Å². The molecule has 0 fully saturated rings. The highest BCUT2D eigenvalue weighted by atomic mass is 32.1. The number of alkyl halides is 2. The number of halogens is 2. The van der Waals surface area contributed by atoms with E-state index in [4.69, 9.17) is 0 Å². The third-order valence-corrected chi connectivity index (χ3v) is 5.52. The standard InChI is InChI=1S/C18H15F2N3O2S/c19-18(20)25-13-7-3-1-5-11(13)9-22-23-10-21-16-15(17(23)24)12-6-2-4-8-14(12)26-16/h1,3,5,7,9-10,18H,2,4,6,8H2/b22-9-. The van der Waals surface area contributed by atoms with Crippen molar-refractivity contribution in [2.45, 2.75) is 32.3 Å². The zero-order valence-corrected chi connectivity index (χ0v) is 14.5. The molecule has 0 bridgehead atoms. The van der Waals surface area contributed by atoms with Gasteiger partial charge in [0.05, 0.1) is 11.6 Å². The van der Waals surface area contributed by atoms with Gasteiger partial charge in [-0.05, 0) is 43.4 Å². The fourth-order valence-corrected chi connectivity index (χ4v) is 4.35. The molecular formula is C18H15F2N3O2S. The van der Waals surface area contributed by atoms with Gasteiger partial charge >= 0.3 is 6.61 Å². The Kier molecular flexibility index (Phi) is 4.50. The zero-order chi connectivity index (χ0) is 18.1. The van der Waals surface area contributed by atoms with Crippen molar-refractivity contribution in [3.63, 3.8) is 0 Å². The average Bonchev–Trinajstić information content (AvgIpc) is 3.01. The van der Waals surface area contributed by atoms with E-state index in [0.29, 0.717) is 10.9 Å². The molecular weight excluding hydrogens is 360 g/mol. The average molecular weight is 375 g/mol. The van der Waals surface area contributed by atoms with Crippen molar-refractivity contribution < 1.29 is 13.5 Å². The molecule has 26 heavy (non-hydrogen) atoms. The maximum atomic E-state index is 12.8. The fraction of sp³-hybridized carbons (Fsp3) is 0.278. The SMILES string of the molecule is O=c1c2c3c(sc2ncn1/N=C\c1ccccc1OC(F)F)CCCC3. The molecule has 0 radical (unpaired) electrons. The summed E-state index contributed by atoms with van der Waals surface area (Å²) in [6.45, 7) is -2.93. The third kappa shape index (κ3) is 3.12. The van der Waals surface area contributed by atoms with E-state index >= 15 is 0 Å². The molecule has 0 spiro atoms. The second-order valence-electron chi connectivity index (χ2n) is 5.95. The van der Waals surface area contributed by atoms with Crippen LogP contribution in [-0.4, -0.2) is 22.5 Å². The Bertz CT molecular complexity index is 1040. The molecule has 8 heteroatoms. The lowest BCUT2D eigenvalue weighted by Crippen LogP contribution is -2.18. The van der Waals surface area contributed by atoms with Crippen molar-refractivity contribution in [2.75, 3.05) is 0 Å². The fourth-order valence-electron chi connectivity index (χ4n) is 3.13. The molecule has 1 aliphatic carbocycles. The van der Waals surface area contributed by atoms with Gasteiger partial charge in [0.2, 0.25) is 0 Å². The van der Waals surface area contributed by atoms with Gasteiger partial charge in [0, 0.05) is 10.4 Å². The number of aromatic nitrogens is 2. The summed E-state index contributed by atoms with van der Waals surface area (Å²) in [6, 6.07) is 6.28. The molecule has 0 unspecified atom stereocenters. The number of fused-ring (bicyclic) bond motifs is 3. The predicted molar refractivity (Wildman–Crippen MR) is 96.6 cm³/mol. The summed E-state index contributed by atoms with van der Waals surface area (Å²) in [5, 5.41) is 4.75. The molecule has 0 saturated heterocycles. The minimum atomic E-state index is -2.93. The number of thiophene rings is 1. The highest BCUT2D eigenvalue weighted by Crippen LogP contribution is 2.33. The van der Waals surface area contributed by atoms with Gasteiger partial charge < -0.3 is 4.74 Å². The number of hydrogen-bond acceptors (Lipinski definition) is 5. The van der Waals surface area contributed by atoms with E-state index in [1.54, 1.807) is 29.5 Å². The maximum Gasteiger partial charge on any atom is 0.387 e. The molecule has 5 nitrogen and oxygen atoms in total. The Morgan fingerprint density at radius 1 is 1.27 bits per heavy atom. The van der Waals surface area contributed by atoms with Crippen LogP contribution in [0.15, 0.2) is 40.5 Å². The Morgan fingerprint density at radius 2 is 2.08 bits per heavy atom. The largest absolute Gasteiger partial charge is 0.434 e. The molecule has 0 saturated carbocycles. The van der Waals surface area contributed by atoms with Gasteiger partial charge in [-0.1, -0.05) is 12.1 Å². The molecule has 1 aromatic carbocycles. The van der Waals surface area contributed by atoms with Crippen LogP contribution in [0.5, 0.6) is 5.75 Å². The Morgan fingerprint density at radius 3 is 2.92 bits per heavy atom. The molecule has 0 atom stereocenters. The molecule has 4 rings (SSSR count). The lowest BCUT2D eigenvalue weighted by molar-refractivity contribution is -0.0499. The summed E-state index contributed by atoms with van der Waals surface area (Å²) in [4.78, 5) is 19.1. The highest BCUT2D eigenvalue weighted by Gasteiger charge is 2.19. The predicted octanol–water partition coefficient (Wildman–Crippen LogP) is 3.82. The topological polar surface area (TPSA) is 56.5 Å². The van der Waals surface area contributed by atoms with Gasteiger partial charge in [0.25, 0.3) is 5.56 Å². The van der Waals surface area contributed by atoms with Gasteiger partial charge in [-0.15, -0.1) is 11.3 Å². The van der Waals surface area contributed by atoms with Crippen molar-refractivity contribution in [2.24, 2.45) is 5.10 Å².